The van der Waals surface area contributed by atoms with Crippen LogP contribution in [0.4, 0.5) is 0 Å². The first kappa shape index (κ1) is 10.7. The third-order valence-electron chi connectivity index (χ3n) is 4.75. The molecular formula is C11H19N3OS. The maximum Gasteiger partial charge on any atom is 0.186 e. The minimum atomic E-state index is -0.896. The molecule has 4 N–H and O–H groups in total. The number of hydrogen-bond acceptors (Lipinski definition) is 3. The van der Waals surface area contributed by atoms with Gasteiger partial charge in [-0.25, -0.2) is 5.84 Å². The molecular weight excluding hydrogens is 222 g/mol. The molecule has 0 amide bonds. The molecule has 1 heterocycles. The van der Waals surface area contributed by atoms with Gasteiger partial charge in [-0.15, -0.1) is 0 Å². The van der Waals surface area contributed by atoms with E-state index in [-0.39, 0.29) is 11.5 Å². The van der Waals surface area contributed by atoms with Gasteiger partial charge < -0.3 is 10.4 Å². The highest BCUT2D eigenvalue weighted by atomic mass is 32.1. The summed E-state index contributed by atoms with van der Waals surface area (Å²) in [6.07, 6.45) is 7.54. The number of fused-ring (bicyclic) bond motifs is 2. The van der Waals surface area contributed by atoms with E-state index in [1.807, 2.05) is 0 Å². The summed E-state index contributed by atoms with van der Waals surface area (Å²) in [6.45, 7) is 0. The Morgan fingerprint density at radius 3 is 2.69 bits per heavy atom. The van der Waals surface area contributed by atoms with Crippen molar-refractivity contribution in [2.45, 2.75) is 56.2 Å². The van der Waals surface area contributed by atoms with E-state index < -0.39 is 5.72 Å². The smallest absolute Gasteiger partial charge is 0.186 e. The molecule has 1 aliphatic heterocycles. The first-order valence-corrected chi connectivity index (χ1v) is 6.59. The van der Waals surface area contributed by atoms with Crippen LogP contribution in [0.15, 0.2) is 0 Å². The number of hydrazine groups is 1. The zero-order valence-corrected chi connectivity index (χ0v) is 10.2. The van der Waals surface area contributed by atoms with E-state index in [1.165, 1.54) is 17.9 Å². The fourth-order valence-corrected chi connectivity index (χ4v) is 4.36. The Kier molecular flexibility index (Phi) is 2.22. The normalized spacial score (nSPS) is 41.2. The van der Waals surface area contributed by atoms with Gasteiger partial charge in [-0.3, -0.25) is 5.01 Å². The number of rotatable bonds is 0. The molecule has 3 fully saturated rings. The van der Waals surface area contributed by atoms with Crippen LogP contribution in [0.2, 0.25) is 0 Å². The molecule has 0 aromatic carbocycles. The van der Waals surface area contributed by atoms with Crippen LogP contribution in [-0.2, 0) is 0 Å². The second-order valence-corrected chi connectivity index (χ2v) is 5.87. The van der Waals surface area contributed by atoms with E-state index >= 15 is 0 Å². The van der Waals surface area contributed by atoms with Crippen LogP contribution in [0.1, 0.15) is 44.9 Å². The van der Waals surface area contributed by atoms with Crippen molar-refractivity contribution in [3.63, 3.8) is 0 Å². The van der Waals surface area contributed by atoms with Crippen LogP contribution in [0.5, 0.6) is 0 Å². The molecule has 3 aliphatic rings. The maximum atomic E-state index is 10.7. The summed E-state index contributed by atoms with van der Waals surface area (Å²) in [5, 5.41) is 16.1. The van der Waals surface area contributed by atoms with Crippen molar-refractivity contribution < 1.29 is 5.11 Å². The summed E-state index contributed by atoms with van der Waals surface area (Å²) in [5.41, 5.74) is -0.870. The average Bonchev–Trinajstić information content (AvgIpc) is 2.84. The zero-order valence-electron chi connectivity index (χ0n) is 9.41. The molecule has 2 atom stereocenters. The standard InChI is InChI=1S/C11H19N3OS/c12-14-9(16)13-10(5-1-2-6-10)8-4-3-7-11(8,14)15/h8,15H,1-7,12H2,(H,13,16). The van der Waals surface area contributed by atoms with Gasteiger partial charge in [0, 0.05) is 11.5 Å². The highest BCUT2D eigenvalue weighted by Gasteiger charge is 2.60. The highest BCUT2D eigenvalue weighted by Crippen LogP contribution is 2.51. The largest absolute Gasteiger partial charge is 0.369 e. The van der Waals surface area contributed by atoms with E-state index in [9.17, 15) is 5.11 Å². The molecule has 1 saturated heterocycles. The maximum absolute atomic E-state index is 10.7. The van der Waals surface area contributed by atoms with Gasteiger partial charge in [0.1, 0.15) is 0 Å². The van der Waals surface area contributed by atoms with Crippen LogP contribution in [-0.4, -0.2) is 26.5 Å². The van der Waals surface area contributed by atoms with Crippen molar-refractivity contribution in [1.82, 2.24) is 10.3 Å². The van der Waals surface area contributed by atoms with Crippen molar-refractivity contribution in [3.05, 3.63) is 0 Å². The van der Waals surface area contributed by atoms with Crippen molar-refractivity contribution in [3.8, 4) is 0 Å². The van der Waals surface area contributed by atoms with E-state index in [0.717, 1.165) is 32.1 Å². The molecule has 4 nitrogen and oxygen atoms in total. The summed E-state index contributed by atoms with van der Waals surface area (Å²) in [7, 11) is 0. The second-order valence-electron chi connectivity index (χ2n) is 5.49. The van der Waals surface area contributed by atoms with Crippen molar-refractivity contribution in [2.75, 3.05) is 0 Å². The first-order valence-electron chi connectivity index (χ1n) is 6.18. The summed E-state index contributed by atoms with van der Waals surface area (Å²) < 4.78 is 0. The Labute approximate surface area is 101 Å². The van der Waals surface area contributed by atoms with Gasteiger partial charge in [-0.1, -0.05) is 12.8 Å². The van der Waals surface area contributed by atoms with Gasteiger partial charge in [0.2, 0.25) is 0 Å². The lowest BCUT2D eigenvalue weighted by Crippen LogP contribution is -2.74. The van der Waals surface area contributed by atoms with Gasteiger partial charge in [0.25, 0.3) is 0 Å². The predicted molar refractivity (Wildman–Crippen MR) is 65.2 cm³/mol. The van der Waals surface area contributed by atoms with Crippen LogP contribution < -0.4 is 11.2 Å². The Bertz CT molecular complexity index is 329. The lowest BCUT2D eigenvalue weighted by molar-refractivity contribution is -0.139. The Hall–Kier alpha value is -0.390. The Morgan fingerprint density at radius 2 is 2.00 bits per heavy atom. The second kappa shape index (κ2) is 3.31. The number of nitrogens with one attached hydrogen (secondary N) is 1. The molecule has 1 spiro atoms. The number of nitrogens with two attached hydrogens (primary N) is 1. The van der Waals surface area contributed by atoms with E-state index in [2.05, 4.69) is 5.32 Å². The lowest BCUT2D eigenvalue weighted by Gasteiger charge is -2.53. The third kappa shape index (κ3) is 1.19. The van der Waals surface area contributed by atoms with Crippen molar-refractivity contribution >= 4 is 17.3 Å². The number of nitrogens with zero attached hydrogens (tertiary/aromatic N) is 1. The zero-order chi connectivity index (χ0) is 11.4. The minimum Gasteiger partial charge on any atom is -0.369 e. The van der Waals surface area contributed by atoms with Crippen LogP contribution in [0.3, 0.4) is 0 Å². The van der Waals surface area contributed by atoms with Crippen molar-refractivity contribution in [1.29, 1.82) is 0 Å². The summed E-state index contributed by atoms with van der Waals surface area (Å²) in [4.78, 5) is 0. The van der Waals surface area contributed by atoms with Gasteiger partial charge in [0.15, 0.2) is 10.8 Å². The summed E-state index contributed by atoms with van der Waals surface area (Å²) in [6, 6.07) is 0. The fraction of sp³-hybridized carbons (Fsp3) is 0.909. The number of aliphatic hydroxyl groups is 1. The van der Waals surface area contributed by atoms with Crippen LogP contribution >= 0.6 is 12.2 Å². The van der Waals surface area contributed by atoms with Gasteiger partial charge in [-0.2, -0.15) is 0 Å². The molecule has 2 unspecified atom stereocenters. The monoisotopic (exact) mass is 241 g/mol. The van der Waals surface area contributed by atoms with Crippen LogP contribution in [0, 0.1) is 5.92 Å². The molecule has 0 aromatic heterocycles. The summed E-state index contributed by atoms with van der Waals surface area (Å²) >= 11 is 5.26. The topological polar surface area (TPSA) is 61.5 Å². The van der Waals surface area contributed by atoms with Gasteiger partial charge in [-0.05, 0) is 44.3 Å². The van der Waals surface area contributed by atoms with E-state index in [4.69, 9.17) is 18.1 Å². The number of thiocarbonyl (C=S) groups is 1. The molecule has 2 aliphatic carbocycles. The van der Waals surface area contributed by atoms with E-state index in [1.54, 1.807) is 0 Å². The fourth-order valence-electron chi connectivity index (χ4n) is 3.99. The van der Waals surface area contributed by atoms with Crippen molar-refractivity contribution in [2.24, 2.45) is 11.8 Å². The highest BCUT2D eigenvalue weighted by molar-refractivity contribution is 7.80. The van der Waals surface area contributed by atoms with Gasteiger partial charge in [0.05, 0.1) is 0 Å². The third-order valence-corrected chi connectivity index (χ3v) is 5.05. The molecule has 0 aromatic rings. The minimum absolute atomic E-state index is 0.0260. The molecule has 2 saturated carbocycles. The Balaban J connectivity index is 2.01. The first-order chi connectivity index (χ1) is 7.58. The van der Waals surface area contributed by atoms with E-state index in [0.29, 0.717) is 5.11 Å². The predicted octanol–water partition coefficient (Wildman–Crippen LogP) is 0.852. The molecule has 3 rings (SSSR count). The Morgan fingerprint density at radius 1 is 1.31 bits per heavy atom. The van der Waals surface area contributed by atoms with Gasteiger partial charge >= 0.3 is 0 Å². The molecule has 0 bridgehead atoms. The number of hydrogen-bond donors (Lipinski definition) is 3. The van der Waals surface area contributed by atoms with Crippen LogP contribution in [0.25, 0.3) is 0 Å². The molecule has 16 heavy (non-hydrogen) atoms. The molecule has 5 heteroatoms. The quantitative estimate of drug-likeness (QED) is 0.433. The lowest BCUT2D eigenvalue weighted by atomic mass is 9.75. The molecule has 90 valence electrons. The molecule has 0 radical (unpaired) electrons. The summed E-state index contributed by atoms with van der Waals surface area (Å²) in [5.74, 6) is 6.16. The average molecular weight is 241 g/mol. The SMILES string of the molecule is NN1C(=S)NC2(CCCC2)C2CCCC21O.